The predicted molar refractivity (Wildman–Crippen MR) is 84.0 cm³/mol. The van der Waals surface area contributed by atoms with Gasteiger partial charge in [-0.3, -0.25) is 0 Å². The molecule has 1 aromatic carbocycles. The van der Waals surface area contributed by atoms with Crippen molar-refractivity contribution in [1.82, 2.24) is 5.32 Å². The lowest BCUT2D eigenvalue weighted by atomic mass is 9.87. The summed E-state index contributed by atoms with van der Waals surface area (Å²) >= 11 is 3.32. The van der Waals surface area contributed by atoms with E-state index < -0.39 is 0 Å². The first kappa shape index (κ1) is 14.6. The molecule has 1 atom stereocenters. The van der Waals surface area contributed by atoms with Crippen molar-refractivity contribution in [3.8, 4) is 5.75 Å². The van der Waals surface area contributed by atoms with Gasteiger partial charge in [-0.2, -0.15) is 0 Å². The number of halogens is 1. The van der Waals surface area contributed by atoms with Crippen LogP contribution in [-0.4, -0.2) is 13.2 Å². The largest absolute Gasteiger partial charge is 0.488 e. The highest BCUT2D eigenvalue weighted by molar-refractivity contribution is 9.11. The second-order valence-electron chi connectivity index (χ2n) is 5.07. The van der Waals surface area contributed by atoms with Gasteiger partial charge in [0.15, 0.2) is 0 Å². The van der Waals surface area contributed by atoms with Crippen LogP contribution in [0.25, 0.3) is 0 Å². The molecule has 0 bridgehead atoms. The van der Waals surface area contributed by atoms with Crippen LogP contribution in [0.4, 0.5) is 0 Å². The Kier molecular flexibility index (Phi) is 5.46. The van der Waals surface area contributed by atoms with Crippen LogP contribution in [0.15, 0.2) is 29.3 Å². The molecule has 0 spiro atoms. The molecule has 0 fully saturated rings. The Morgan fingerprint density at radius 1 is 1.53 bits per heavy atom. The first-order valence-corrected chi connectivity index (χ1v) is 7.82. The van der Waals surface area contributed by atoms with E-state index in [2.05, 4.69) is 52.9 Å². The maximum Gasteiger partial charge on any atom is 0.120 e. The van der Waals surface area contributed by atoms with Crippen LogP contribution in [0, 0.1) is 0 Å². The number of aryl methyl sites for hydroxylation is 1. The van der Waals surface area contributed by atoms with Crippen LogP contribution in [-0.2, 0) is 6.42 Å². The Morgan fingerprint density at radius 3 is 3.11 bits per heavy atom. The quantitative estimate of drug-likeness (QED) is 0.840. The highest BCUT2D eigenvalue weighted by atomic mass is 79.9. The molecule has 19 heavy (non-hydrogen) atoms. The average Bonchev–Trinajstić information content (AvgIpc) is 2.42. The molecule has 0 amide bonds. The number of nitrogens with one attached hydrogen (secondary N) is 1. The van der Waals surface area contributed by atoms with Crippen molar-refractivity contribution in [2.24, 2.45) is 0 Å². The maximum atomic E-state index is 5.71. The topological polar surface area (TPSA) is 21.3 Å². The summed E-state index contributed by atoms with van der Waals surface area (Å²) in [6.45, 7) is 7.60. The lowest BCUT2D eigenvalue weighted by Gasteiger charge is -2.27. The van der Waals surface area contributed by atoms with Gasteiger partial charge >= 0.3 is 0 Å². The number of rotatable bonds is 6. The van der Waals surface area contributed by atoms with Crippen LogP contribution in [0.3, 0.4) is 0 Å². The monoisotopic (exact) mass is 323 g/mol. The molecule has 0 aromatic heterocycles. The number of hydrogen-bond donors (Lipinski definition) is 1. The van der Waals surface area contributed by atoms with Gasteiger partial charge in [0.05, 0.1) is 0 Å². The van der Waals surface area contributed by atoms with Crippen LogP contribution in [0.2, 0.25) is 0 Å². The third kappa shape index (κ3) is 4.08. The van der Waals surface area contributed by atoms with Gasteiger partial charge in [-0.1, -0.05) is 35.5 Å². The zero-order valence-electron chi connectivity index (χ0n) is 11.5. The summed E-state index contributed by atoms with van der Waals surface area (Å²) in [7, 11) is 0. The van der Waals surface area contributed by atoms with Crippen LogP contribution < -0.4 is 10.1 Å². The van der Waals surface area contributed by atoms with Gasteiger partial charge in [0.2, 0.25) is 0 Å². The Labute approximate surface area is 124 Å². The molecule has 3 heteroatoms. The van der Waals surface area contributed by atoms with Crippen molar-refractivity contribution in [2.45, 2.75) is 38.6 Å². The summed E-state index contributed by atoms with van der Waals surface area (Å²) < 4.78 is 6.58. The normalized spacial score (nSPS) is 17.9. The van der Waals surface area contributed by atoms with E-state index in [1.54, 1.807) is 0 Å². The van der Waals surface area contributed by atoms with E-state index >= 15 is 0 Å². The van der Waals surface area contributed by atoms with E-state index in [1.807, 2.05) is 0 Å². The summed E-state index contributed by atoms with van der Waals surface area (Å²) in [5, 5.41) is 3.64. The summed E-state index contributed by atoms with van der Waals surface area (Å²) in [5.41, 5.74) is 2.88. The maximum absolute atomic E-state index is 5.71. The summed E-state index contributed by atoms with van der Waals surface area (Å²) in [5.74, 6) is 0.935. The third-order valence-corrected chi connectivity index (χ3v) is 3.70. The fourth-order valence-corrected chi connectivity index (χ4v) is 2.67. The van der Waals surface area contributed by atoms with Crippen molar-refractivity contribution in [1.29, 1.82) is 0 Å². The van der Waals surface area contributed by atoms with Crippen molar-refractivity contribution in [3.05, 3.63) is 40.4 Å². The lowest BCUT2D eigenvalue weighted by molar-refractivity contribution is 0.358. The van der Waals surface area contributed by atoms with E-state index in [0.29, 0.717) is 12.6 Å². The average molecular weight is 324 g/mol. The molecule has 1 N–H and O–H groups in total. The minimum atomic E-state index is 0.486. The standard InChI is InChI=1S/C16H22BrNO/c1-3-9-18-16-6-4-5-13-7-8-14(10-15(13)16)19-11-12(2)17/h7-8,10,16,18H,2-6,9,11H2,1H3. The molecular formula is C16H22BrNO. The predicted octanol–water partition coefficient (Wildman–Crippen LogP) is 4.35. The molecule has 1 aliphatic carbocycles. The van der Waals surface area contributed by atoms with Crippen molar-refractivity contribution in [3.63, 3.8) is 0 Å². The molecule has 104 valence electrons. The first-order chi connectivity index (χ1) is 9.20. The lowest BCUT2D eigenvalue weighted by Crippen LogP contribution is -2.25. The van der Waals surface area contributed by atoms with Gasteiger partial charge in [0.1, 0.15) is 12.4 Å². The van der Waals surface area contributed by atoms with Gasteiger partial charge < -0.3 is 10.1 Å². The fraction of sp³-hybridized carbons (Fsp3) is 0.500. The van der Waals surface area contributed by atoms with Crippen LogP contribution in [0.5, 0.6) is 5.75 Å². The number of benzene rings is 1. The molecule has 0 saturated carbocycles. The van der Waals surface area contributed by atoms with Crippen molar-refractivity contribution >= 4 is 15.9 Å². The van der Waals surface area contributed by atoms with Gasteiger partial charge in [-0.05, 0) is 55.5 Å². The first-order valence-electron chi connectivity index (χ1n) is 7.03. The molecule has 1 aliphatic rings. The van der Waals surface area contributed by atoms with E-state index in [0.717, 1.165) is 16.8 Å². The van der Waals surface area contributed by atoms with Crippen molar-refractivity contribution in [2.75, 3.05) is 13.2 Å². The smallest absolute Gasteiger partial charge is 0.120 e. The van der Waals surface area contributed by atoms with Crippen molar-refractivity contribution < 1.29 is 4.74 Å². The molecule has 0 saturated heterocycles. The molecule has 1 aromatic rings. The highest BCUT2D eigenvalue weighted by Crippen LogP contribution is 2.32. The molecular weight excluding hydrogens is 302 g/mol. The zero-order chi connectivity index (χ0) is 13.7. The molecule has 2 nitrogen and oxygen atoms in total. The SMILES string of the molecule is C=C(Br)COc1ccc2c(c1)C(NCCC)CCC2. The summed E-state index contributed by atoms with van der Waals surface area (Å²) in [6, 6.07) is 6.95. The van der Waals surface area contributed by atoms with E-state index in [-0.39, 0.29) is 0 Å². The number of ether oxygens (including phenoxy) is 1. The number of hydrogen-bond acceptors (Lipinski definition) is 2. The molecule has 2 rings (SSSR count). The second kappa shape index (κ2) is 7.11. The molecule has 1 unspecified atom stereocenters. The zero-order valence-corrected chi connectivity index (χ0v) is 13.1. The van der Waals surface area contributed by atoms with E-state index in [1.165, 1.54) is 36.8 Å². The molecule has 0 radical (unpaired) electrons. The Hall–Kier alpha value is -0.800. The summed E-state index contributed by atoms with van der Waals surface area (Å²) in [4.78, 5) is 0. The van der Waals surface area contributed by atoms with E-state index in [4.69, 9.17) is 4.74 Å². The molecule has 0 heterocycles. The Balaban J connectivity index is 2.12. The molecule has 0 aliphatic heterocycles. The van der Waals surface area contributed by atoms with Gasteiger partial charge in [0.25, 0.3) is 0 Å². The second-order valence-corrected chi connectivity index (χ2v) is 6.19. The van der Waals surface area contributed by atoms with Crippen LogP contribution in [0.1, 0.15) is 43.4 Å². The Bertz CT molecular complexity index is 444. The van der Waals surface area contributed by atoms with Gasteiger partial charge in [0, 0.05) is 10.5 Å². The van der Waals surface area contributed by atoms with E-state index in [9.17, 15) is 0 Å². The Morgan fingerprint density at radius 2 is 2.37 bits per heavy atom. The fourth-order valence-electron chi connectivity index (χ4n) is 2.56. The minimum absolute atomic E-state index is 0.486. The number of fused-ring (bicyclic) bond motifs is 1. The summed E-state index contributed by atoms with van der Waals surface area (Å²) in [6.07, 6.45) is 4.85. The van der Waals surface area contributed by atoms with Gasteiger partial charge in [-0.25, -0.2) is 0 Å². The highest BCUT2D eigenvalue weighted by Gasteiger charge is 2.20. The van der Waals surface area contributed by atoms with Gasteiger partial charge in [-0.15, -0.1) is 0 Å². The van der Waals surface area contributed by atoms with Crippen LogP contribution >= 0.6 is 15.9 Å². The minimum Gasteiger partial charge on any atom is -0.488 e. The third-order valence-electron chi connectivity index (χ3n) is 3.47.